The summed E-state index contributed by atoms with van der Waals surface area (Å²) in [4.78, 5) is 118. The molecule has 6 saturated carbocycles. The first-order chi connectivity index (χ1) is 37.8. The summed E-state index contributed by atoms with van der Waals surface area (Å²) in [5.74, 6) is -5.35. The maximum Gasteiger partial charge on any atom is 0.315 e. The summed E-state index contributed by atoms with van der Waals surface area (Å²) < 4.78 is 63.7. The van der Waals surface area contributed by atoms with Crippen LogP contribution in [0, 0.1) is 11.8 Å². The number of rotatable bonds is 12. The minimum Gasteiger partial charge on any atom is -0.371 e. The number of fused-ring (bicyclic) bond motifs is 4. The van der Waals surface area contributed by atoms with Crippen LogP contribution in [0.25, 0.3) is 0 Å². The van der Waals surface area contributed by atoms with Gasteiger partial charge in [0, 0.05) is 49.9 Å². The zero-order valence-electron chi connectivity index (χ0n) is 45.1. The minimum atomic E-state index is -4.00. The number of nitrogens with one attached hydrogen (secondary N) is 8. The highest BCUT2D eigenvalue weighted by Gasteiger charge is 2.64. The Bertz CT molecular complexity index is 2490. The zero-order chi connectivity index (χ0) is 55.7. The maximum absolute atomic E-state index is 15.0. The quantitative estimate of drug-likeness (QED) is 0.130. The molecule has 0 aromatic rings. The molecule has 0 radical (unpaired) electrons. The normalized spacial score (nSPS) is 35.0. The van der Waals surface area contributed by atoms with Crippen molar-refractivity contribution in [3.05, 3.63) is 24.3 Å². The molecule has 79 heavy (non-hydrogen) atoms. The van der Waals surface area contributed by atoms with Gasteiger partial charge in [0.05, 0.1) is 22.7 Å². The summed E-state index contributed by atoms with van der Waals surface area (Å²) in [7, 11) is -8.01. The summed E-state index contributed by atoms with van der Waals surface area (Å²) in [6.45, 7) is -0.338. The largest absolute Gasteiger partial charge is 0.371 e. The van der Waals surface area contributed by atoms with Crippen molar-refractivity contribution in [1.82, 2.24) is 51.1 Å². The van der Waals surface area contributed by atoms with Crippen molar-refractivity contribution in [2.24, 2.45) is 11.8 Å². The number of ether oxygens (including phenoxy) is 1. The van der Waals surface area contributed by atoms with Gasteiger partial charge >= 0.3 is 12.1 Å². The molecule has 8 fully saturated rings. The van der Waals surface area contributed by atoms with Crippen LogP contribution in [-0.4, -0.2) is 157 Å². The predicted molar refractivity (Wildman–Crippen MR) is 287 cm³/mol. The fraction of sp³-hybridized carbons (Fsp3) is 0.778. The lowest BCUT2D eigenvalue weighted by molar-refractivity contribution is -0.141. The third-order valence-electron chi connectivity index (χ3n) is 18.1. The smallest absolute Gasteiger partial charge is 0.315 e. The molecule has 0 aromatic heterocycles. The number of urea groups is 2. The maximum atomic E-state index is 15.0. The topological polar surface area (TPSA) is 317 Å². The molecular weight excluding hydrogens is 1060 g/mol. The number of sulfonamides is 2. The van der Waals surface area contributed by atoms with E-state index in [2.05, 4.69) is 41.3 Å². The number of hydrogen-bond acceptors (Lipinski definition) is 13. The second kappa shape index (κ2) is 23.7. The summed E-state index contributed by atoms with van der Waals surface area (Å²) in [5, 5.41) is 16.2. The third-order valence-corrected chi connectivity index (χ3v) is 21.7. The summed E-state index contributed by atoms with van der Waals surface area (Å²) in [6, 6.07) is -5.77. The molecule has 2 saturated heterocycles. The SMILES string of the molecule is O=C(NC1CCCC1)NC1CCCCC/C=C\C2CC2(C(=O)NS(=O)(=O)C2CC2)NC(=O)C2CC(OC3CC4C(=O)NC5(C(=O)NS(=O)(=O)C6CC6)CC5/C=C\CCCCCC(NC(=O)NC5CCCC5)C(=O)N4C3)CN2C1=O. The second-order valence-electron chi connectivity index (χ2n) is 24.2. The Kier molecular flexibility index (Phi) is 17.1. The molecule has 10 aliphatic rings. The average molecular weight is 1140 g/mol. The molecule has 436 valence electrons. The van der Waals surface area contributed by atoms with Gasteiger partial charge in [-0.3, -0.25) is 38.2 Å². The van der Waals surface area contributed by atoms with Crippen LogP contribution in [0.4, 0.5) is 9.59 Å². The lowest BCUT2D eigenvalue weighted by atomic mass is 10.0. The van der Waals surface area contributed by atoms with Gasteiger partial charge in [0.15, 0.2) is 0 Å². The van der Waals surface area contributed by atoms with Crippen LogP contribution in [0.3, 0.4) is 0 Å². The van der Waals surface area contributed by atoms with Gasteiger partial charge in [0.1, 0.15) is 35.2 Å². The van der Waals surface area contributed by atoms with Crippen molar-refractivity contribution in [1.29, 1.82) is 0 Å². The Balaban J connectivity index is 0.924. The van der Waals surface area contributed by atoms with Crippen LogP contribution in [0.2, 0.25) is 0 Å². The third kappa shape index (κ3) is 13.4. The molecule has 0 bridgehead atoms. The number of carbonyl (C=O) groups is 8. The van der Waals surface area contributed by atoms with Crippen molar-refractivity contribution < 1.29 is 59.9 Å². The van der Waals surface area contributed by atoms with Gasteiger partial charge in [-0.1, -0.05) is 75.7 Å². The molecule has 10 atom stereocenters. The molecule has 4 heterocycles. The van der Waals surface area contributed by atoms with Crippen molar-refractivity contribution in [2.45, 2.75) is 237 Å². The number of amides is 10. The van der Waals surface area contributed by atoms with Crippen molar-refractivity contribution in [3.8, 4) is 0 Å². The summed E-state index contributed by atoms with van der Waals surface area (Å²) >= 11 is 0. The average Bonchev–Trinajstić information content (AvgIpc) is 3.77. The van der Waals surface area contributed by atoms with Crippen LogP contribution in [0.5, 0.6) is 0 Å². The molecule has 23 nitrogen and oxygen atoms in total. The molecule has 10 amide bonds. The second-order valence-corrected chi connectivity index (χ2v) is 28.1. The number of hydrogen-bond donors (Lipinski definition) is 8. The van der Waals surface area contributed by atoms with Crippen LogP contribution in [-0.2, 0) is 53.6 Å². The molecular formula is C54H80N10O13S2. The standard InChI is InChI=1S/C54H80N10O13S2/c65-45-43-27-37(31-63(43)47(67)41(57-51(71)55-35-17-11-12-18-35)21-9-5-1-3-7-15-33-29-53(33,59-45)49(69)61-78(73,74)39-23-24-39)77-38-28-44-46(66)60-54(50(70)62-79(75,76)40-25-26-40)30-34(54)16-8-4-2-6-10-22-42(48(68)64(44)32-38)58-52(72)56-36-19-13-14-20-36/h7-8,15-16,33-44H,1-6,9-14,17-32H2,(H,59,65)(H,60,66)(H,61,69)(H,62,70)(H2,55,57,71)(H2,56,58,72)/b15-7-,16-8-. The van der Waals surface area contributed by atoms with Gasteiger partial charge in [-0.25, -0.2) is 26.4 Å². The highest BCUT2D eigenvalue weighted by atomic mass is 32.2. The Morgan fingerprint density at radius 3 is 1.27 bits per heavy atom. The fourth-order valence-corrected chi connectivity index (χ4v) is 15.6. The van der Waals surface area contributed by atoms with Crippen LogP contribution < -0.4 is 41.3 Å². The molecule has 4 aliphatic heterocycles. The first-order valence-corrected chi connectivity index (χ1v) is 32.4. The van der Waals surface area contributed by atoms with Gasteiger partial charge in [-0.15, -0.1) is 0 Å². The van der Waals surface area contributed by atoms with E-state index in [1.807, 2.05) is 24.3 Å². The number of nitrogens with zero attached hydrogens (tertiary/aromatic N) is 2. The Hall–Kier alpha value is -5.30. The van der Waals surface area contributed by atoms with Crippen molar-refractivity contribution >= 4 is 67.6 Å². The molecule has 10 rings (SSSR count). The van der Waals surface area contributed by atoms with E-state index in [9.17, 15) is 45.6 Å². The van der Waals surface area contributed by atoms with Gasteiger partial charge < -0.3 is 46.4 Å². The molecule has 8 N–H and O–H groups in total. The molecule has 10 unspecified atom stereocenters. The molecule has 0 spiro atoms. The van der Waals surface area contributed by atoms with Gasteiger partial charge in [0.25, 0.3) is 11.8 Å². The van der Waals surface area contributed by atoms with E-state index in [0.717, 1.165) is 64.2 Å². The van der Waals surface area contributed by atoms with Crippen LogP contribution in [0.15, 0.2) is 24.3 Å². The van der Waals surface area contributed by atoms with Crippen molar-refractivity contribution in [2.75, 3.05) is 13.1 Å². The number of allylic oxidation sites excluding steroid dienone is 2. The lowest BCUT2D eigenvalue weighted by Gasteiger charge is -2.30. The molecule has 25 heteroatoms. The highest BCUT2D eigenvalue weighted by molar-refractivity contribution is 7.91. The minimum absolute atomic E-state index is 0.0479. The van der Waals surface area contributed by atoms with E-state index in [-0.39, 0.29) is 63.7 Å². The number of carbonyl (C=O) groups excluding carboxylic acids is 8. The van der Waals surface area contributed by atoms with Crippen molar-refractivity contribution in [3.63, 3.8) is 0 Å². The zero-order valence-corrected chi connectivity index (χ0v) is 46.7. The van der Waals surface area contributed by atoms with Gasteiger partial charge in [0.2, 0.25) is 43.7 Å². The molecule has 6 aliphatic carbocycles. The van der Waals surface area contributed by atoms with Gasteiger partial charge in [-0.2, -0.15) is 0 Å². The fourth-order valence-electron chi connectivity index (χ4n) is 12.9. The Morgan fingerprint density at radius 2 is 0.886 bits per heavy atom. The Morgan fingerprint density at radius 1 is 0.506 bits per heavy atom. The first kappa shape index (κ1) is 57.0. The van der Waals surface area contributed by atoms with E-state index in [1.165, 1.54) is 9.80 Å². The highest BCUT2D eigenvalue weighted by Crippen LogP contribution is 2.48. The van der Waals surface area contributed by atoms with E-state index in [4.69, 9.17) is 4.74 Å². The van der Waals surface area contributed by atoms with Crippen LogP contribution in [0.1, 0.15) is 167 Å². The van der Waals surface area contributed by atoms with E-state index in [0.29, 0.717) is 64.2 Å². The lowest BCUT2D eigenvalue weighted by Crippen LogP contribution is -2.59. The van der Waals surface area contributed by atoms with E-state index < -0.39 is 137 Å². The Labute approximate surface area is 462 Å². The van der Waals surface area contributed by atoms with E-state index >= 15 is 9.59 Å². The van der Waals surface area contributed by atoms with Gasteiger partial charge in [-0.05, 0) is 103 Å². The monoisotopic (exact) mass is 1140 g/mol. The predicted octanol–water partition coefficient (Wildman–Crippen LogP) is 2.17. The molecule has 0 aromatic carbocycles. The first-order valence-electron chi connectivity index (χ1n) is 29.3. The van der Waals surface area contributed by atoms with E-state index in [1.54, 1.807) is 0 Å². The summed E-state index contributed by atoms with van der Waals surface area (Å²) in [6.07, 6.45) is 20.3. The van der Waals surface area contributed by atoms with Crippen LogP contribution >= 0.6 is 0 Å². The summed E-state index contributed by atoms with van der Waals surface area (Å²) in [5.41, 5.74) is -3.25.